The van der Waals surface area contributed by atoms with Crippen molar-refractivity contribution in [2.75, 3.05) is 13.2 Å². The van der Waals surface area contributed by atoms with Crippen molar-refractivity contribution >= 4 is 0 Å². The quantitative estimate of drug-likeness (QED) is 0.593. The molecule has 3 rings (SSSR count). The SMILES string of the molecule is CCCC1CCC(C2CCC(C3CCC(OCC)CC3)CC2)CO1. The molecule has 2 atom stereocenters. The van der Waals surface area contributed by atoms with Gasteiger partial charge in [-0.1, -0.05) is 13.3 Å². The van der Waals surface area contributed by atoms with E-state index in [0.29, 0.717) is 12.2 Å². The van der Waals surface area contributed by atoms with Crippen molar-refractivity contribution in [2.24, 2.45) is 23.7 Å². The van der Waals surface area contributed by atoms with Crippen LogP contribution in [0.15, 0.2) is 0 Å². The molecule has 1 saturated heterocycles. The molecule has 24 heavy (non-hydrogen) atoms. The molecule has 1 heterocycles. The minimum atomic E-state index is 0.568. The third-order valence-corrected chi connectivity index (χ3v) is 7.29. The van der Waals surface area contributed by atoms with Gasteiger partial charge in [-0.3, -0.25) is 0 Å². The van der Waals surface area contributed by atoms with Gasteiger partial charge in [0.25, 0.3) is 0 Å². The van der Waals surface area contributed by atoms with Gasteiger partial charge in [0.2, 0.25) is 0 Å². The van der Waals surface area contributed by atoms with Crippen LogP contribution in [0.25, 0.3) is 0 Å². The van der Waals surface area contributed by atoms with Gasteiger partial charge >= 0.3 is 0 Å². The summed E-state index contributed by atoms with van der Waals surface area (Å²) in [5.74, 6) is 3.84. The maximum atomic E-state index is 6.15. The maximum absolute atomic E-state index is 6.15. The molecule has 2 nitrogen and oxygen atoms in total. The smallest absolute Gasteiger partial charge is 0.0575 e. The zero-order valence-electron chi connectivity index (χ0n) is 16.2. The molecule has 2 heteroatoms. The Labute approximate surface area is 150 Å². The second-order valence-corrected chi connectivity index (χ2v) is 8.75. The van der Waals surface area contributed by atoms with Gasteiger partial charge in [-0.25, -0.2) is 0 Å². The van der Waals surface area contributed by atoms with Gasteiger partial charge < -0.3 is 9.47 Å². The Morgan fingerprint density at radius 3 is 1.75 bits per heavy atom. The molecule has 2 saturated carbocycles. The standard InChI is InChI=1S/C22H40O2/c1-3-5-21-15-12-20(16-24-21)19-8-6-17(7-9-19)18-10-13-22(14-11-18)23-4-2/h17-22H,3-16H2,1-2H3. The zero-order chi connectivity index (χ0) is 16.8. The van der Waals surface area contributed by atoms with E-state index in [1.54, 1.807) is 0 Å². The van der Waals surface area contributed by atoms with Gasteiger partial charge in [-0.2, -0.15) is 0 Å². The average Bonchev–Trinajstić information content (AvgIpc) is 2.64. The van der Waals surface area contributed by atoms with Crippen LogP contribution >= 0.6 is 0 Å². The molecule has 0 aromatic rings. The third kappa shape index (κ3) is 4.97. The molecular weight excluding hydrogens is 296 g/mol. The highest BCUT2D eigenvalue weighted by molar-refractivity contribution is 4.85. The van der Waals surface area contributed by atoms with Gasteiger partial charge in [-0.15, -0.1) is 0 Å². The molecule has 0 aromatic carbocycles. The first-order valence-corrected chi connectivity index (χ1v) is 11.0. The maximum Gasteiger partial charge on any atom is 0.0575 e. The Bertz CT molecular complexity index is 298. The van der Waals surface area contributed by atoms with Crippen molar-refractivity contribution in [3.63, 3.8) is 0 Å². The van der Waals surface area contributed by atoms with Gasteiger partial charge in [0.05, 0.1) is 18.8 Å². The molecule has 3 aliphatic rings. The molecule has 0 bridgehead atoms. The van der Waals surface area contributed by atoms with Gasteiger partial charge in [0.15, 0.2) is 0 Å². The highest BCUT2D eigenvalue weighted by Crippen LogP contribution is 2.43. The molecule has 3 fully saturated rings. The van der Waals surface area contributed by atoms with Crippen molar-refractivity contribution < 1.29 is 9.47 Å². The van der Waals surface area contributed by atoms with Crippen LogP contribution < -0.4 is 0 Å². The van der Waals surface area contributed by atoms with Crippen molar-refractivity contribution in [2.45, 2.75) is 103 Å². The van der Waals surface area contributed by atoms with Gasteiger partial charge in [-0.05, 0) is 101 Å². The average molecular weight is 337 g/mol. The molecule has 0 N–H and O–H groups in total. The lowest BCUT2D eigenvalue weighted by molar-refractivity contribution is -0.0448. The number of ether oxygens (including phenoxy) is 2. The van der Waals surface area contributed by atoms with E-state index in [0.717, 1.165) is 36.9 Å². The minimum absolute atomic E-state index is 0.568. The van der Waals surface area contributed by atoms with Gasteiger partial charge in [0.1, 0.15) is 0 Å². The molecule has 0 amide bonds. The first-order valence-electron chi connectivity index (χ1n) is 11.0. The van der Waals surface area contributed by atoms with E-state index < -0.39 is 0 Å². The van der Waals surface area contributed by atoms with E-state index in [1.165, 1.54) is 77.0 Å². The van der Waals surface area contributed by atoms with Crippen molar-refractivity contribution in [1.29, 1.82) is 0 Å². The van der Waals surface area contributed by atoms with Crippen molar-refractivity contribution in [3.05, 3.63) is 0 Å². The van der Waals surface area contributed by atoms with Crippen LogP contribution in [0.1, 0.15) is 90.9 Å². The number of hydrogen-bond donors (Lipinski definition) is 0. The highest BCUT2D eigenvalue weighted by atomic mass is 16.5. The van der Waals surface area contributed by atoms with E-state index in [-0.39, 0.29) is 0 Å². The van der Waals surface area contributed by atoms with Crippen LogP contribution in [0.4, 0.5) is 0 Å². The van der Waals surface area contributed by atoms with Crippen LogP contribution in [0.5, 0.6) is 0 Å². The van der Waals surface area contributed by atoms with Crippen LogP contribution in [0.2, 0.25) is 0 Å². The predicted molar refractivity (Wildman–Crippen MR) is 100 cm³/mol. The van der Waals surface area contributed by atoms with Crippen LogP contribution in [-0.2, 0) is 9.47 Å². The fourth-order valence-electron chi connectivity index (χ4n) is 5.80. The van der Waals surface area contributed by atoms with Crippen molar-refractivity contribution in [1.82, 2.24) is 0 Å². The molecule has 2 unspecified atom stereocenters. The third-order valence-electron chi connectivity index (χ3n) is 7.29. The van der Waals surface area contributed by atoms with E-state index in [9.17, 15) is 0 Å². The first kappa shape index (κ1) is 18.7. The number of hydrogen-bond acceptors (Lipinski definition) is 2. The summed E-state index contributed by atoms with van der Waals surface area (Å²) in [6.45, 7) is 6.36. The second-order valence-electron chi connectivity index (χ2n) is 8.75. The summed E-state index contributed by atoms with van der Waals surface area (Å²) < 4.78 is 12.0. The Kier molecular flexibility index (Phi) is 7.46. The molecular formula is C22H40O2. The Balaban J connectivity index is 1.36. The molecule has 0 aromatic heterocycles. The summed E-state index contributed by atoms with van der Waals surface area (Å²) in [4.78, 5) is 0. The van der Waals surface area contributed by atoms with Crippen LogP contribution in [0, 0.1) is 23.7 Å². The fourth-order valence-corrected chi connectivity index (χ4v) is 5.80. The fraction of sp³-hybridized carbons (Fsp3) is 1.00. The summed E-state index contributed by atoms with van der Waals surface area (Å²) in [5.41, 5.74) is 0. The lowest BCUT2D eigenvalue weighted by Crippen LogP contribution is -2.34. The Hall–Kier alpha value is -0.0800. The molecule has 0 spiro atoms. The molecule has 1 aliphatic heterocycles. The highest BCUT2D eigenvalue weighted by Gasteiger charge is 2.34. The lowest BCUT2D eigenvalue weighted by Gasteiger charge is -2.41. The summed E-state index contributed by atoms with van der Waals surface area (Å²) in [6.07, 6.45) is 17.8. The minimum Gasteiger partial charge on any atom is -0.379 e. The van der Waals surface area contributed by atoms with E-state index >= 15 is 0 Å². The first-order chi connectivity index (χ1) is 11.8. The van der Waals surface area contributed by atoms with E-state index in [1.807, 2.05) is 0 Å². The van der Waals surface area contributed by atoms with Gasteiger partial charge in [0, 0.05) is 6.61 Å². The zero-order valence-corrected chi connectivity index (χ0v) is 16.2. The van der Waals surface area contributed by atoms with Crippen molar-refractivity contribution in [3.8, 4) is 0 Å². The Morgan fingerprint density at radius 2 is 1.25 bits per heavy atom. The summed E-state index contributed by atoms with van der Waals surface area (Å²) >= 11 is 0. The molecule has 2 aliphatic carbocycles. The van der Waals surface area contributed by atoms with Crippen LogP contribution in [-0.4, -0.2) is 25.4 Å². The summed E-state index contributed by atoms with van der Waals surface area (Å²) in [6, 6.07) is 0. The molecule has 0 radical (unpaired) electrons. The predicted octanol–water partition coefficient (Wildman–Crippen LogP) is 5.98. The Morgan fingerprint density at radius 1 is 0.708 bits per heavy atom. The monoisotopic (exact) mass is 336 g/mol. The van der Waals surface area contributed by atoms with E-state index in [2.05, 4.69) is 13.8 Å². The summed E-state index contributed by atoms with van der Waals surface area (Å²) in [5, 5.41) is 0. The normalized spacial score (nSPS) is 41.2. The largest absolute Gasteiger partial charge is 0.379 e. The van der Waals surface area contributed by atoms with Crippen LogP contribution in [0.3, 0.4) is 0 Å². The molecule has 140 valence electrons. The second kappa shape index (κ2) is 9.57. The topological polar surface area (TPSA) is 18.5 Å². The number of rotatable bonds is 6. The lowest BCUT2D eigenvalue weighted by atomic mass is 9.67. The summed E-state index contributed by atoms with van der Waals surface area (Å²) in [7, 11) is 0. The van der Waals surface area contributed by atoms with E-state index in [4.69, 9.17) is 9.47 Å².